The number of nitrogens with zero attached hydrogens (tertiary/aromatic N) is 1. The highest BCUT2D eigenvalue weighted by Gasteiger charge is 2.18. The number of halogens is 2. The topological polar surface area (TPSA) is 25.2 Å². The first kappa shape index (κ1) is 13.8. The van der Waals surface area contributed by atoms with Crippen molar-refractivity contribution in [2.75, 3.05) is 0 Å². The summed E-state index contributed by atoms with van der Waals surface area (Å²) in [6.07, 6.45) is 7.78. The summed E-state index contributed by atoms with van der Waals surface area (Å²) in [5, 5.41) is 10.1. The lowest BCUT2D eigenvalue weighted by molar-refractivity contribution is 0.166. The maximum Gasteiger partial charge on any atom is 0.137 e. The van der Waals surface area contributed by atoms with Crippen LogP contribution in [0, 0.1) is 5.82 Å². The van der Waals surface area contributed by atoms with Crippen molar-refractivity contribution in [3.05, 3.63) is 57.6 Å². The van der Waals surface area contributed by atoms with Crippen molar-refractivity contribution in [2.45, 2.75) is 38.3 Å². The van der Waals surface area contributed by atoms with Gasteiger partial charge in [0.25, 0.3) is 0 Å². The first-order chi connectivity index (χ1) is 9.65. The summed E-state index contributed by atoms with van der Waals surface area (Å²) in [4.78, 5) is 0. The summed E-state index contributed by atoms with van der Waals surface area (Å²) >= 11 is 3.30. The van der Waals surface area contributed by atoms with E-state index in [0.717, 1.165) is 36.8 Å². The molecule has 0 fully saturated rings. The fourth-order valence-electron chi connectivity index (χ4n) is 2.85. The normalized spacial score (nSPS) is 18.6. The molecule has 0 amide bonds. The molecule has 0 spiro atoms. The average Bonchev–Trinajstić information content (AvgIpc) is 2.75. The molecule has 0 radical (unpaired) electrons. The van der Waals surface area contributed by atoms with E-state index in [1.807, 2.05) is 16.8 Å². The number of hydrogen-bond acceptors (Lipinski definition) is 1. The SMILES string of the molecule is OC1CCCCc2cn(Cc3cccc(F)c3Br)cc21. The molecule has 1 heterocycles. The number of rotatable bonds is 2. The smallest absolute Gasteiger partial charge is 0.137 e. The van der Waals surface area contributed by atoms with Gasteiger partial charge in [0.15, 0.2) is 0 Å². The maximum absolute atomic E-state index is 13.5. The van der Waals surface area contributed by atoms with Gasteiger partial charge < -0.3 is 9.67 Å². The van der Waals surface area contributed by atoms with Gasteiger partial charge in [0.2, 0.25) is 0 Å². The number of hydrogen-bond donors (Lipinski definition) is 1. The van der Waals surface area contributed by atoms with E-state index < -0.39 is 0 Å². The van der Waals surface area contributed by atoms with Crippen LogP contribution in [0.15, 0.2) is 35.1 Å². The van der Waals surface area contributed by atoms with Gasteiger partial charge in [0.05, 0.1) is 10.6 Å². The van der Waals surface area contributed by atoms with Gasteiger partial charge in [-0.1, -0.05) is 18.6 Å². The molecule has 4 heteroatoms. The lowest BCUT2D eigenvalue weighted by atomic mass is 10.1. The third-order valence-electron chi connectivity index (χ3n) is 3.91. The molecular formula is C16H17BrFNO. The van der Waals surface area contributed by atoms with Crippen LogP contribution in [0.1, 0.15) is 42.1 Å². The summed E-state index contributed by atoms with van der Waals surface area (Å²) in [7, 11) is 0. The van der Waals surface area contributed by atoms with Gasteiger partial charge in [0.1, 0.15) is 5.82 Å². The van der Waals surface area contributed by atoms with E-state index in [4.69, 9.17) is 0 Å². The Balaban J connectivity index is 1.89. The summed E-state index contributed by atoms with van der Waals surface area (Å²) in [5.74, 6) is -0.240. The molecular weight excluding hydrogens is 321 g/mol. The van der Waals surface area contributed by atoms with Crippen molar-refractivity contribution in [2.24, 2.45) is 0 Å². The van der Waals surface area contributed by atoms with E-state index >= 15 is 0 Å². The van der Waals surface area contributed by atoms with Crippen LogP contribution in [0.25, 0.3) is 0 Å². The molecule has 1 aromatic carbocycles. The predicted octanol–water partition coefficient (Wildman–Crippen LogP) is 4.20. The zero-order chi connectivity index (χ0) is 14.1. The van der Waals surface area contributed by atoms with Crippen LogP contribution < -0.4 is 0 Å². The Labute approximate surface area is 126 Å². The zero-order valence-corrected chi connectivity index (χ0v) is 12.7. The second-order valence-electron chi connectivity index (χ2n) is 5.39. The first-order valence-electron chi connectivity index (χ1n) is 6.94. The van der Waals surface area contributed by atoms with Crippen LogP contribution in [0.3, 0.4) is 0 Å². The highest BCUT2D eigenvalue weighted by atomic mass is 79.9. The quantitative estimate of drug-likeness (QED) is 0.816. The Morgan fingerprint density at radius 2 is 2.15 bits per heavy atom. The van der Waals surface area contributed by atoms with E-state index in [9.17, 15) is 9.50 Å². The monoisotopic (exact) mass is 337 g/mol. The van der Waals surface area contributed by atoms with Crippen LogP contribution in [0.5, 0.6) is 0 Å². The van der Waals surface area contributed by atoms with E-state index in [0.29, 0.717) is 11.0 Å². The molecule has 1 N–H and O–H groups in total. The number of aromatic nitrogens is 1. The van der Waals surface area contributed by atoms with Crippen LogP contribution in [0.4, 0.5) is 4.39 Å². The lowest BCUT2D eigenvalue weighted by Crippen LogP contribution is -2.00. The Kier molecular flexibility index (Phi) is 3.94. The molecule has 106 valence electrons. The highest BCUT2D eigenvalue weighted by Crippen LogP contribution is 2.30. The van der Waals surface area contributed by atoms with Crippen molar-refractivity contribution in [3.63, 3.8) is 0 Å². The van der Waals surface area contributed by atoms with Crippen molar-refractivity contribution in [1.82, 2.24) is 4.57 Å². The Hall–Kier alpha value is -1.13. The van der Waals surface area contributed by atoms with E-state index in [1.54, 1.807) is 6.07 Å². The Morgan fingerprint density at radius 1 is 1.30 bits per heavy atom. The van der Waals surface area contributed by atoms with Gasteiger partial charge in [-0.15, -0.1) is 0 Å². The summed E-state index contributed by atoms with van der Waals surface area (Å²) in [5.41, 5.74) is 3.17. The molecule has 20 heavy (non-hydrogen) atoms. The molecule has 1 atom stereocenters. The molecule has 2 nitrogen and oxygen atoms in total. The van der Waals surface area contributed by atoms with Gasteiger partial charge >= 0.3 is 0 Å². The molecule has 1 aliphatic rings. The second kappa shape index (κ2) is 5.70. The van der Waals surface area contributed by atoms with E-state index in [2.05, 4.69) is 22.1 Å². The largest absolute Gasteiger partial charge is 0.388 e. The van der Waals surface area contributed by atoms with Crippen molar-refractivity contribution >= 4 is 15.9 Å². The summed E-state index contributed by atoms with van der Waals surface area (Å²) in [6.45, 7) is 0.609. The standard InChI is InChI=1S/C16H17BrFNO/c17-16-12(5-3-6-14(16)18)9-19-8-11-4-1-2-7-15(20)13(11)10-19/h3,5-6,8,10,15,20H,1-2,4,7,9H2. The minimum Gasteiger partial charge on any atom is -0.388 e. The van der Waals surface area contributed by atoms with Crippen LogP contribution in [-0.4, -0.2) is 9.67 Å². The number of fused-ring (bicyclic) bond motifs is 1. The molecule has 1 aliphatic carbocycles. The molecule has 2 aromatic rings. The van der Waals surface area contributed by atoms with Crippen LogP contribution >= 0.6 is 15.9 Å². The molecule has 0 bridgehead atoms. The minimum atomic E-state index is -0.357. The highest BCUT2D eigenvalue weighted by molar-refractivity contribution is 9.10. The average molecular weight is 338 g/mol. The van der Waals surface area contributed by atoms with E-state index in [1.165, 1.54) is 11.6 Å². The fraction of sp³-hybridized carbons (Fsp3) is 0.375. The molecule has 1 aromatic heterocycles. The third kappa shape index (κ3) is 2.67. The van der Waals surface area contributed by atoms with Crippen molar-refractivity contribution in [1.29, 1.82) is 0 Å². The Bertz CT molecular complexity index is 623. The van der Waals surface area contributed by atoms with Crippen molar-refractivity contribution < 1.29 is 9.50 Å². The second-order valence-corrected chi connectivity index (χ2v) is 6.18. The number of aryl methyl sites for hydroxylation is 1. The molecule has 0 saturated carbocycles. The van der Waals surface area contributed by atoms with Crippen molar-refractivity contribution in [3.8, 4) is 0 Å². The van der Waals surface area contributed by atoms with Gasteiger partial charge in [-0.25, -0.2) is 4.39 Å². The maximum atomic E-state index is 13.5. The lowest BCUT2D eigenvalue weighted by Gasteiger charge is -2.08. The number of aliphatic hydroxyl groups excluding tert-OH is 1. The van der Waals surface area contributed by atoms with Gasteiger partial charge in [0, 0.05) is 24.5 Å². The molecule has 0 saturated heterocycles. The number of aliphatic hydroxyl groups is 1. The van der Waals surface area contributed by atoms with Crippen LogP contribution in [0.2, 0.25) is 0 Å². The van der Waals surface area contributed by atoms with Gasteiger partial charge in [-0.05, 0) is 52.4 Å². The van der Waals surface area contributed by atoms with Gasteiger partial charge in [-0.3, -0.25) is 0 Å². The molecule has 0 aliphatic heterocycles. The fourth-order valence-corrected chi connectivity index (χ4v) is 3.24. The molecule has 1 unspecified atom stereocenters. The third-order valence-corrected chi connectivity index (χ3v) is 4.80. The Morgan fingerprint density at radius 3 is 3.00 bits per heavy atom. The van der Waals surface area contributed by atoms with Gasteiger partial charge in [-0.2, -0.15) is 0 Å². The predicted molar refractivity (Wildman–Crippen MR) is 80.1 cm³/mol. The van der Waals surface area contributed by atoms with E-state index in [-0.39, 0.29) is 11.9 Å². The summed E-state index contributed by atoms with van der Waals surface area (Å²) < 4.78 is 16.1. The van der Waals surface area contributed by atoms with Crippen LogP contribution in [-0.2, 0) is 13.0 Å². The number of benzene rings is 1. The zero-order valence-electron chi connectivity index (χ0n) is 11.1. The minimum absolute atomic E-state index is 0.240. The molecule has 3 rings (SSSR count). The first-order valence-corrected chi connectivity index (χ1v) is 7.74. The summed E-state index contributed by atoms with van der Waals surface area (Å²) in [6, 6.07) is 5.08.